The molecule has 2 N–H and O–H groups in total. The number of unbranched alkanes of at least 4 members (excludes halogenated alkanes) is 3. The smallest absolute Gasteiger partial charge is 0.305 e. The predicted octanol–water partition coefficient (Wildman–Crippen LogP) is 2.93. The van der Waals surface area contributed by atoms with E-state index in [4.69, 9.17) is 4.74 Å². The number of nitrogens with one attached hydrogen (secondary N) is 2. The van der Waals surface area contributed by atoms with Crippen molar-refractivity contribution in [1.29, 1.82) is 0 Å². The van der Waals surface area contributed by atoms with Crippen molar-refractivity contribution in [2.75, 3.05) is 20.2 Å². The third-order valence-corrected chi connectivity index (χ3v) is 3.90. The van der Waals surface area contributed by atoms with Crippen molar-refractivity contribution in [2.24, 2.45) is 4.99 Å². The summed E-state index contributed by atoms with van der Waals surface area (Å²) in [5.41, 5.74) is 1.27. The fourth-order valence-electron chi connectivity index (χ4n) is 1.99. The number of nitrogens with zero attached hydrogens (tertiary/aromatic N) is 1. The maximum absolute atomic E-state index is 11.2. The number of ether oxygens (including phenoxy) is 1. The van der Waals surface area contributed by atoms with E-state index < -0.39 is 0 Å². The summed E-state index contributed by atoms with van der Waals surface area (Å²) in [6.45, 7) is 3.99. The van der Waals surface area contributed by atoms with E-state index >= 15 is 0 Å². The summed E-state index contributed by atoms with van der Waals surface area (Å²) in [4.78, 5) is 15.4. The molecule has 1 rings (SSSR count). The average molecular weight is 325 g/mol. The summed E-state index contributed by atoms with van der Waals surface area (Å²) in [6.07, 6.45) is 4.67. The van der Waals surface area contributed by atoms with Gasteiger partial charge >= 0.3 is 5.97 Å². The fourth-order valence-corrected chi connectivity index (χ4v) is 2.66. The van der Waals surface area contributed by atoms with E-state index in [1.54, 1.807) is 18.4 Å². The fraction of sp³-hybridized carbons (Fsp3) is 0.625. The molecule has 1 heterocycles. The number of carbonyl (C=O) groups excluding carboxylic acids is 1. The van der Waals surface area contributed by atoms with E-state index in [-0.39, 0.29) is 5.97 Å². The maximum Gasteiger partial charge on any atom is 0.305 e. The molecular formula is C16H27N3O2S. The largest absolute Gasteiger partial charge is 0.466 e. The molecule has 0 aromatic carbocycles. The summed E-state index contributed by atoms with van der Waals surface area (Å²) < 4.78 is 4.90. The second kappa shape index (κ2) is 12.0. The lowest BCUT2D eigenvalue weighted by Crippen LogP contribution is -2.37. The summed E-state index contributed by atoms with van der Waals surface area (Å²) >= 11 is 1.70. The van der Waals surface area contributed by atoms with Crippen molar-refractivity contribution >= 4 is 23.3 Å². The predicted molar refractivity (Wildman–Crippen MR) is 92.2 cm³/mol. The van der Waals surface area contributed by atoms with Crippen LogP contribution in [0.3, 0.4) is 0 Å². The number of carbonyl (C=O) groups is 1. The maximum atomic E-state index is 11.2. The van der Waals surface area contributed by atoms with Crippen LogP contribution in [0.5, 0.6) is 0 Å². The third-order valence-electron chi connectivity index (χ3n) is 3.17. The van der Waals surface area contributed by atoms with Crippen molar-refractivity contribution in [3.8, 4) is 0 Å². The Labute approximate surface area is 137 Å². The normalized spacial score (nSPS) is 11.3. The van der Waals surface area contributed by atoms with Crippen LogP contribution < -0.4 is 10.6 Å². The lowest BCUT2D eigenvalue weighted by Gasteiger charge is -2.11. The first kappa shape index (κ1) is 18.5. The molecule has 0 aliphatic rings. The number of hydrogen-bond donors (Lipinski definition) is 2. The highest BCUT2D eigenvalue weighted by Crippen LogP contribution is 2.05. The summed E-state index contributed by atoms with van der Waals surface area (Å²) in [5.74, 6) is 0.747. The van der Waals surface area contributed by atoms with Crippen molar-refractivity contribution in [3.63, 3.8) is 0 Å². The summed E-state index contributed by atoms with van der Waals surface area (Å²) in [7, 11) is 1.78. The van der Waals surface area contributed by atoms with Crippen molar-refractivity contribution < 1.29 is 9.53 Å². The van der Waals surface area contributed by atoms with Gasteiger partial charge in [0.2, 0.25) is 0 Å². The van der Waals surface area contributed by atoms with E-state index in [2.05, 4.69) is 32.5 Å². The number of esters is 1. The minimum atomic E-state index is -0.0846. The van der Waals surface area contributed by atoms with Crippen molar-refractivity contribution in [2.45, 2.75) is 45.6 Å². The molecule has 6 heteroatoms. The van der Waals surface area contributed by atoms with Crippen LogP contribution in [0.4, 0.5) is 0 Å². The highest BCUT2D eigenvalue weighted by Gasteiger charge is 2.01. The number of rotatable bonds is 10. The molecule has 0 bridgehead atoms. The molecule has 124 valence electrons. The Bertz CT molecular complexity index is 433. The SMILES string of the molecule is CCOC(=O)CCCCCCNC(=NC)NCc1ccsc1. The van der Waals surface area contributed by atoms with Gasteiger partial charge in [-0.15, -0.1) is 0 Å². The Balaban J connectivity index is 1.99. The van der Waals surface area contributed by atoms with Gasteiger partial charge in [0.1, 0.15) is 0 Å². The summed E-state index contributed by atoms with van der Waals surface area (Å²) in [6, 6.07) is 2.11. The number of thiophene rings is 1. The second-order valence-corrected chi connectivity index (χ2v) is 5.73. The zero-order valence-electron chi connectivity index (χ0n) is 13.6. The van der Waals surface area contributed by atoms with E-state index in [0.717, 1.165) is 44.7 Å². The molecule has 0 aliphatic heterocycles. The van der Waals surface area contributed by atoms with Crippen LogP contribution in [-0.4, -0.2) is 32.1 Å². The molecule has 22 heavy (non-hydrogen) atoms. The molecule has 5 nitrogen and oxygen atoms in total. The Morgan fingerprint density at radius 2 is 2.09 bits per heavy atom. The molecule has 0 spiro atoms. The first-order valence-corrected chi connectivity index (χ1v) is 8.81. The monoisotopic (exact) mass is 325 g/mol. The van der Waals surface area contributed by atoms with Gasteiger partial charge in [-0.3, -0.25) is 9.79 Å². The van der Waals surface area contributed by atoms with Gasteiger partial charge in [-0.05, 0) is 42.2 Å². The second-order valence-electron chi connectivity index (χ2n) is 4.95. The number of guanidine groups is 1. The van der Waals surface area contributed by atoms with Gasteiger partial charge in [-0.2, -0.15) is 11.3 Å². The molecule has 0 radical (unpaired) electrons. The molecule has 1 aromatic rings. The highest BCUT2D eigenvalue weighted by molar-refractivity contribution is 7.07. The van der Waals surface area contributed by atoms with Gasteiger partial charge in [-0.25, -0.2) is 0 Å². The van der Waals surface area contributed by atoms with Crippen LogP contribution in [0.1, 0.15) is 44.6 Å². The Hall–Kier alpha value is -1.56. The summed E-state index contributed by atoms with van der Waals surface area (Å²) in [5, 5.41) is 10.8. The van der Waals surface area contributed by atoms with Crippen LogP contribution in [0.2, 0.25) is 0 Å². The molecule has 0 amide bonds. The first-order valence-electron chi connectivity index (χ1n) is 7.87. The zero-order chi connectivity index (χ0) is 16.0. The lowest BCUT2D eigenvalue weighted by molar-refractivity contribution is -0.143. The Morgan fingerprint density at radius 1 is 1.27 bits per heavy atom. The van der Waals surface area contributed by atoms with Gasteiger partial charge in [0.25, 0.3) is 0 Å². The van der Waals surface area contributed by atoms with E-state index in [1.807, 2.05) is 6.92 Å². The standard InChI is InChI=1S/C16H27N3O2S/c1-3-21-15(20)8-6-4-5-7-10-18-16(17-2)19-12-14-9-11-22-13-14/h9,11,13H,3-8,10,12H2,1-2H3,(H2,17,18,19). The molecule has 0 saturated carbocycles. The van der Waals surface area contributed by atoms with Gasteiger partial charge in [0.15, 0.2) is 5.96 Å². The Morgan fingerprint density at radius 3 is 2.77 bits per heavy atom. The van der Waals surface area contributed by atoms with Crippen molar-refractivity contribution in [1.82, 2.24) is 10.6 Å². The topological polar surface area (TPSA) is 62.7 Å². The number of hydrogen-bond acceptors (Lipinski definition) is 4. The Kier molecular flexibility index (Phi) is 10.1. The average Bonchev–Trinajstić information content (AvgIpc) is 3.03. The highest BCUT2D eigenvalue weighted by atomic mass is 32.1. The molecule has 1 aromatic heterocycles. The molecule has 0 atom stereocenters. The molecule has 0 aliphatic carbocycles. The zero-order valence-corrected chi connectivity index (χ0v) is 14.4. The number of aliphatic imine (C=N–C) groups is 1. The van der Waals surface area contributed by atoms with Crippen LogP contribution >= 0.6 is 11.3 Å². The minimum absolute atomic E-state index is 0.0846. The van der Waals surface area contributed by atoms with Crippen LogP contribution in [-0.2, 0) is 16.1 Å². The molecule has 0 unspecified atom stereocenters. The van der Waals surface area contributed by atoms with E-state index in [9.17, 15) is 4.79 Å². The lowest BCUT2D eigenvalue weighted by atomic mass is 10.1. The first-order chi connectivity index (χ1) is 10.8. The van der Waals surface area contributed by atoms with Crippen LogP contribution in [0.15, 0.2) is 21.8 Å². The van der Waals surface area contributed by atoms with Crippen LogP contribution in [0, 0.1) is 0 Å². The van der Waals surface area contributed by atoms with Gasteiger partial charge < -0.3 is 15.4 Å². The van der Waals surface area contributed by atoms with E-state index in [0.29, 0.717) is 13.0 Å². The van der Waals surface area contributed by atoms with Gasteiger partial charge in [0, 0.05) is 26.6 Å². The van der Waals surface area contributed by atoms with Crippen molar-refractivity contribution in [3.05, 3.63) is 22.4 Å². The molecule has 0 fully saturated rings. The van der Waals surface area contributed by atoms with Gasteiger partial charge in [-0.1, -0.05) is 12.8 Å². The van der Waals surface area contributed by atoms with Crippen LogP contribution in [0.25, 0.3) is 0 Å². The minimum Gasteiger partial charge on any atom is -0.466 e. The quantitative estimate of drug-likeness (QED) is 0.300. The van der Waals surface area contributed by atoms with Gasteiger partial charge in [0.05, 0.1) is 6.61 Å². The molecule has 0 saturated heterocycles. The molecular weight excluding hydrogens is 298 g/mol. The van der Waals surface area contributed by atoms with E-state index in [1.165, 1.54) is 5.56 Å². The third kappa shape index (κ3) is 8.67.